The number of halogens is 3. The predicted molar refractivity (Wildman–Crippen MR) is 86.9 cm³/mol. The molecule has 0 saturated heterocycles. The second-order valence-electron chi connectivity index (χ2n) is 4.56. The number of hydrogen-bond acceptors (Lipinski definition) is 3. The molecule has 0 aliphatic rings. The molecule has 8 heteroatoms. The Hall–Kier alpha value is -0.470. The standard InChI is InChI=1S/C13H12BrClFNO2S2/c1-7-3-9(4-8(2)12(7)16)6-17-21(18,19)11-5-10(15)13(14)20-11/h3-5,17H,6H2,1-2H3. The average molecular weight is 413 g/mol. The molecule has 0 unspecified atom stereocenters. The molecule has 1 N–H and O–H groups in total. The Morgan fingerprint density at radius 3 is 2.33 bits per heavy atom. The van der Waals surface area contributed by atoms with Gasteiger partial charge in [-0.2, -0.15) is 0 Å². The molecule has 0 aliphatic carbocycles. The molecular weight excluding hydrogens is 401 g/mol. The Morgan fingerprint density at radius 1 is 1.29 bits per heavy atom. The second kappa shape index (κ2) is 6.34. The predicted octanol–water partition coefficient (Wildman–Crippen LogP) is 4.40. The first-order valence-electron chi connectivity index (χ1n) is 5.91. The first-order valence-corrected chi connectivity index (χ1v) is 9.38. The highest BCUT2D eigenvalue weighted by Crippen LogP contribution is 2.34. The van der Waals surface area contributed by atoms with E-state index in [0.717, 1.165) is 11.3 Å². The zero-order valence-electron chi connectivity index (χ0n) is 11.2. The Bertz CT molecular complexity index is 747. The van der Waals surface area contributed by atoms with Gasteiger partial charge in [-0.15, -0.1) is 11.3 Å². The number of benzene rings is 1. The van der Waals surface area contributed by atoms with Crippen LogP contribution in [0.25, 0.3) is 0 Å². The van der Waals surface area contributed by atoms with Gasteiger partial charge in [-0.1, -0.05) is 23.7 Å². The van der Waals surface area contributed by atoms with Crippen LogP contribution in [0, 0.1) is 19.7 Å². The molecule has 0 atom stereocenters. The van der Waals surface area contributed by atoms with Gasteiger partial charge in [-0.25, -0.2) is 17.5 Å². The molecular formula is C13H12BrClFNO2S2. The molecule has 1 heterocycles. The van der Waals surface area contributed by atoms with Gasteiger partial charge in [0, 0.05) is 6.54 Å². The van der Waals surface area contributed by atoms with Crippen LogP contribution in [-0.2, 0) is 16.6 Å². The van der Waals surface area contributed by atoms with Crippen LogP contribution in [0.1, 0.15) is 16.7 Å². The normalized spacial score (nSPS) is 11.9. The molecule has 0 radical (unpaired) electrons. The minimum absolute atomic E-state index is 0.0947. The molecule has 1 aromatic heterocycles. The summed E-state index contributed by atoms with van der Waals surface area (Å²) in [5, 5.41) is 0.355. The highest BCUT2D eigenvalue weighted by molar-refractivity contribution is 9.11. The van der Waals surface area contributed by atoms with Crippen LogP contribution in [0.3, 0.4) is 0 Å². The Labute approximate surface area is 140 Å². The van der Waals surface area contributed by atoms with E-state index in [1.54, 1.807) is 26.0 Å². The van der Waals surface area contributed by atoms with E-state index in [0.29, 0.717) is 25.5 Å². The number of sulfonamides is 1. The molecule has 0 amide bonds. The van der Waals surface area contributed by atoms with Crippen molar-refractivity contribution in [2.75, 3.05) is 0 Å². The fourth-order valence-corrected chi connectivity index (χ4v) is 5.31. The van der Waals surface area contributed by atoms with Crippen molar-refractivity contribution in [2.24, 2.45) is 0 Å². The number of thiophene rings is 1. The van der Waals surface area contributed by atoms with Crippen molar-refractivity contribution in [3.05, 3.63) is 49.5 Å². The molecule has 0 aliphatic heterocycles. The van der Waals surface area contributed by atoms with Gasteiger partial charge in [0.25, 0.3) is 0 Å². The maximum atomic E-state index is 13.5. The van der Waals surface area contributed by atoms with Crippen LogP contribution in [0.4, 0.5) is 4.39 Å². The Balaban J connectivity index is 2.19. The summed E-state index contributed by atoms with van der Waals surface area (Å²) in [5.74, 6) is -0.268. The van der Waals surface area contributed by atoms with E-state index in [1.807, 2.05) is 0 Å². The van der Waals surface area contributed by atoms with E-state index in [4.69, 9.17) is 11.6 Å². The summed E-state index contributed by atoms with van der Waals surface area (Å²) in [6.07, 6.45) is 0. The third-order valence-corrected chi connectivity index (χ3v) is 7.20. The van der Waals surface area contributed by atoms with Crippen LogP contribution >= 0.6 is 38.9 Å². The quantitative estimate of drug-likeness (QED) is 0.809. The summed E-state index contributed by atoms with van der Waals surface area (Å²) in [4.78, 5) is 0. The SMILES string of the molecule is Cc1cc(CNS(=O)(=O)c2cc(Cl)c(Br)s2)cc(C)c1F. The van der Waals surface area contributed by atoms with E-state index in [-0.39, 0.29) is 16.6 Å². The van der Waals surface area contributed by atoms with Gasteiger partial charge in [0.05, 0.1) is 8.81 Å². The van der Waals surface area contributed by atoms with Crippen LogP contribution < -0.4 is 4.72 Å². The summed E-state index contributed by atoms with van der Waals surface area (Å²) >= 11 is 10.1. The summed E-state index contributed by atoms with van der Waals surface area (Å²) in [7, 11) is -3.64. The number of hydrogen-bond donors (Lipinski definition) is 1. The van der Waals surface area contributed by atoms with Gasteiger partial charge in [0.15, 0.2) is 0 Å². The lowest BCUT2D eigenvalue weighted by Gasteiger charge is -2.08. The van der Waals surface area contributed by atoms with Crippen molar-refractivity contribution in [1.82, 2.24) is 4.72 Å². The highest BCUT2D eigenvalue weighted by Gasteiger charge is 2.19. The zero-order valence-corrected chi connectivity index (χ0v) is 15.2. The third-order valence-electron chi connectivity index (χ3n) is 2.85. The van der Waals surface area contributed by atoms with Crippen molar-refractivity contribution in [1.29, 1.82) is 0 Å². The first-order chi connectivity index (χ1) is 9.70. The minimum Gasteiger partial charge on any atom is -0.206 e. The fourth-order valence-electron chi connectivity index (χ4n) is 1.85. The van der Waals surface area contributed by atoms with Crippen molar-refractivity contribution in [3.63, 3.8) is 0 Å². The summed E-state index contributed by atoms with van der Waals surface area (Å²) in [6.45, 7) is 3.39. The van der Waals surface area contributed by atoms with Crippen molar-refractivity contribution in [2.45, 2.75) is 24.6 Å². The largest absolute Gasteiger partial charge is 0.250 e. The first kappa shape index (κ1) is 16.9. The monoisotopic (exact) mass is 411 g/mol. The Kier molecular flexibility index (Phi) is 5.10. The molecule has 0 bridgehead atoms. The van der Waals surface area contributed by atoms with Gasteiger partial charge >= 0.3 is 0 Å². The second-order valence-corrected chi connectivity index (χ2v) is 9.33. The molecule has 0 spiro atoms. The fraction of sp³-hybridized carbons (Fsp3) is 0.231. The van der Waals surface area contributed by atoms with Crippen LogP contribution in [-0.4, -0.2) is 8.42 Å². The molecule has 2 rings (SSSR count). The molecule has 114 valence electrons. The van der Waals surface area contributed by atoms with Gasteiger partial charge in [0.1, 0.15) is 10.0 Å². The van der Waals surface area contributed by atoms with Gasteiger partial charge < -0.3 is 0 Å². The number of aryl methyl sites for hydroxylation is 2. The van der Waals surface area contributed by atoms with Crippen molar-refractivity contribution >= 4 is 48.9 Å². The van der Waals surface area contributed by atoms with Crippen LogP contribution in [0.5, 0.6) is 0 Å². The topological polar surface area (TPSA) is 46.2 Å². The van der Waals surface area contributed by atoms with E-state index >= 15 is 0 Å². The highest BCUT2D eigenvalue weighted by atomic mass is 79.9. The summed E-state index contributed by atoms with van der Waals surface area (Å²) < 4.78 is 41.0. The van der Waals surface area contributed by atoms with Gasteiger partial charge in [0.2, 0.25) is 10.0 Å². The lowest BCUT2D eigenvalue weighted by atomic mass is 10.1. The maximum Gasteiger partial charge on any atom is 0.250 e. The van der Waals surface area contributed by atoms with E-state index in [1.165, 1.54) is 6.07 Å². The lowest BCUT2D eigenvalue weighted by molar-refractivity contribution is 0.583. The molecule has 0 fully saturated rings. The molecule has 21 heavy (non-hydrogen) atoms. The Morgan fingerprint density at radius 2 is 1.86 bits per heavy atom. The zero-order chi connectivity index (χ0) is 15.8. The van der Waals surface area contributed by atoms with Crippen LogP contribution in [0.15, 0.2) is 26.2 Å². The van der Waals surface area contributed by atoms with Crippen molar-refractivity contribution in [3.8, 4) is 0 Å². The van der Waals surface area contributed by atoms with Crippen molar-refractivity contribution < 1.29 is 12.8 Å². The molecule has 1 aromatic carbocycles. The van der Waals surface area contributed by atoms with Crippen LogP contribution in [0.2, 0.25) is 5.02 Å². The van der Waals surface area contributed by atoms with E-state index in [9.17, 15) is 12.8 Å². The summed E-state index contributed by atoms with van der Waals surface area (Å²) in [5.41, 5.74) is 1.69. The van der Waals surface area contributed by atoms with E-state index in [2.05, 4.69) is 20.7 Å². The third kappa shape index (κ3) is 3.84. The number of nitrogens with one attached hydrogen (secondary N) is 1. The molecule has 2 aromatic rings. The lowest BCUT2D eigenvalue weighted by Crippen LogP contribution is -2.22. The maximum absolute atomic E-state index is 13.5. The smallest absolute Gasteiger partial charge is 0.206 e. The summed E-state index contributed by atoms with van der Waals surface area (Å²) in [6, 6.07) is 4.64. The average Bonchev–Trinajstić information content (AvgIpc) is 2.74. The molecule has 0 saturated carbocycles. The van der Waals surface area contributed by atoms with Gasteiger partial charge in [-0.05, 0) is 52.5 Å². The molecule has 3 nitrogen and oxygen atoms in total. The number of rotatable bonds is 4. The van der Waals surface area contributed by atoms with Gasteiger partial charge in [-0.3, -0.25) is 0 Å². The van der Waals surface area contributed by atoms with E-state index < -0.39 is 10.0 Å². The minimum atomic E-state index is -3.64.